The lowest BCUT2D eigenvalue weighted by atomic mass is 10.0. The highest BCUT2D eigenvalue weighted by atomic mass is 32.1. The van der Waals surface area contributed by atoms with Crippen LogP contribution in [0.15, 0.2) is 81.0 Å². The second-order valence-corrected chi connectivity index (χ2v) is 11.7. The number of allylic oxidation sites excluding steroid dienone is 1. The standard InChI is InChI=1S/C33H32N2O7S2/c1-5-39-25-17-22(12-15-24(25)42-19-21-10-13-23(14-11-21)31(37)40-6-2)18-27-30(36)35-29(26-9-8-16-43-26)28(32(38)41-7-3)20(4)34-33(35)44-27/h8-18,29H,5-7,19H2,1-4H3/b27-18-/t29-/m1/s1. The van der Waals surface area contributed by atoms with Gasteiger partial charge in [-0.2, -0.15) is 0 Å². The molecule has 2 aromatic carbocycles. The lowest BCUT2D eigenvalue weighted by Crippen LogP contribution is -2.39. The fourth-order valence-corrected chi connectivity index (χ4v) is 6.64. The Bertz CT molecular complexity index is 1870. The fourth-order valence-electron chi connectivity index (χ4n) is 4.77. The van der Waals surface area contributed by atoms with Crippen LogP contribution in [0.1, 0.15) is 60.1 Å². The normalized spacial score (nSPS) is 14.5. The molecule has 0 N–H and O–H groups in total. The van der Waals surface area contributed by atoms with E-state index in [0.717, 1.165) is 16.0 Å². The van der Waals surface area contributed by atoms with Crippen molar-refractivity contribution < 1.29 is 28.5 Å². The van der Waals surface area contributed by atoms with E-state index in [0.29, 0.717) is 50.9 Å². The van der Waals surface area contributed by atoms with Gasteiger partial charge in [0.15, 0.2) is 16.3 Å². The van der Waals surface area contributed by atoms with Crippen LogP contribution in [0.2, 0.25) is 0 Å². The van der Waals surface area contributed by atoms with Gasteiger partial charge in [-0.15, -0.1) is 11.3 Å². The Labute approximate surface area is 262 Å². The van der Waals surface area contributed by atoms with Crippen molar-refractivity contribution in [3.05, 3.63) is 113 Å². The van der Waals surface area contributed by atoms with Crippen molar-refractivity contribution in [2.75, 3.05) is 19.8 Å². The molecule has 44 heavy (non-hydrogen) atoms. The maximum atomic E-state index is 13.8. The number of aromatic nitrogens is 1. The summed E-state index contributed by atoms with van der Waals surface area (Å²) in [6.07, 6.45) is 1.79. The summed E-state index contributed by atoms with van der Waals surface area (Å²) in [6, 6.07) is 15.7. The van der Waals surface area contributed by atoms with Gasteiger partial charge in [0.1, 0.15) is 12.6 Å². The second-order valence-electron chi connectivity index (χ2n) is 9.66. The average Bonchev–Trinajstić information content (AvgIpc) is 3.65. The van der Waals surface area contributed by atoms with E-state index in [9.17, 15) is 14.4 Å². The molecule has 0 radical (unpaired) electrons. The fraction of sp³-hybridized carbons (Fsp3) is 0.273. The molecule has 0 saturated carbocycles. The Balaban J connectivity index is 1.45. The molecule has 1 aliphatic heterocycles. The van der Waals surface area contributed by atoms with Gasteiger partial charge in [-0.3, -0.25) is 9.36 Å². The minimum absolute atomic E-state index is 0.223. The molecule has 3 heterocycles. The minimum atomic E-state index is -0.617. The third kappa shape index (κ3) is 6.53. The molecule has 11 heteroatoms. The molecule has 0 saturated heterocycles. The molecule has 2 aromatic heterocycles. The first kappa shape index (κ1) is 31.0. The number of hydrogen-bond acceptors (Lipinski definition) is 10. The van der Waals surface area contributed by atoms with Crippen molar-refractivity contribution in [2.45, 2.75) is 40.3 Å². The van der Waals surface area contributed by atoms with Crippen molar-refractivity contribution in [2.24, 2.45) is 4.99 Å². The maximum absolute atomic E-state index is 13.8. The van der Waals surface area contributed by atoms with Crippen LogP contribution < -0.4 is 24.4 Å². The summed E-state index contributed by atoms with van der Waals surface area (Å²) in [5, 5.41) is 1.92. The van der Waals surface area contributed by atoms with E-state index in [2.05, 4.69) is 4.99 Å². The van der Waals surface area contributed by atoms with Gasteiger partial charge >= 0.3 is 11.9 Å². The number of thiophene rings is 1. The summed E-state index contributed by atoms with van der Waals surface area (Å²) in [5.74, 6) is 0.243. The number of rotatable bonds is 11. The summed E-state index contributed by atoms with van der Waals surface area (Å²) in [4.78, 5) is 44.7. The Morgan fingerprint density at radius 2 is 1.68 bits per heavy atom. The number of carbonyl (C=O) groups is 2. The number of nitrogens with zero attached hydrogens (tertiary/aromatic N) is 2. The number of benzene rings is 2. The minimum Gasteiger partial charge on any atom is -0.490 e. The molecule has 0 amide bonds. The predicted molar refractivity (Wildman–Crippen MR) is 169 cm³/mol. The smallest absolute Gasteiger partial charge is 0.338 e. The van der Waals surface area contributed by atoms with Crippen LogP contribution in [0.25, 0.3) is 6.08 Å². The topological polar surface area (TPSA) is 105 Å². The summed E-state index contributed by atoms with van der Waals surface area (Å²) in [7, 11) is 0. The van der Waals surface area contributed by atoms with E-state index >= 15 is 0 Å². The zero-order valence-corrected chi connectivity index (χ0v) is 26.5. The molecular formula is C33H32N2O7S2. The molecule has 1 atom stereocenters. The van der Waals surface area contributed by atoms with Crippen LogP contribution in [0, 0.1) is 0 Å². The highest BCUT2D eigenvalue weighted by molar-refractivity contribution is 7.10. The molecule has 0 fully saturated rings. The zero-order chi connectivity index (χ0) is 31.2. The Kier molecular flexibility index (Phi) is 9.76. The number of hydrogen-bond donors (Lipinski definition) is 0. The van der Waals surface area contributed by atoms with E-state index in [-0.39, 0.29) is 24.7 Å². The number of thiazole rings is 1. The summed E-state index contributed by atoms with van der Waals surface area (Å²) < 4.78 is 24.4. The van der Waals surface area contributed by atoms with Crippen molar-refractivity contribution in [3.8, 4) is 11.5 Å². The molecule has 0 spiro atoms. The predicted octanol–water partition coefficient (Wildman–Crippen LogP) is 5.01. The zero-order valence-electron chi connectivity index (χ0n) is 24.8. The van der Waals surface area contributed by atoms with Crippen LogP contribution in [-0.2, 0) is 20.9 Å². The molecule has 0 unspecified atom stereocenters. The second kappa shape index (κ2) is 13.9. The van der Waals surface area contributed by atoms with Crippen LogP contribution in [0.3, 0.4) is 0 Å². The average molecular weight is 633 g/mol. The Morgan fingerprint density at radius 1 is 0.932 bits per heavy atom. The van der Waals surface area contributed by atoms with Crippen molar-refractivity contribution in [3.63, 3.8) is 0 Å². The number of ether oxygens (including phenoxy) is 4. The van der Waals surface area contributed by atoms with E-state index in [1.54, 1.807) is 49.6 Å². The van der Waals surface area contributed by atoms with Crippen molar-refractivity contribution >= 4 is 40.7 Å². The monoisotopic (exact) mass is 632 g/mol. The van der Waals surface area contributed by atoms with Crippen molar-refractivity contribution in [1.82, 2.24) is 4.57 Å². The van der Waals surface area contributed by atoms with Gasteiger partial charge in [-0.25, -0.2) is 14.6 Å². The molecule has 228 valence electrons. The Hall–Kier alpha value is -4.48. The molecule has 4 aromatic rings. The lowest BCUT2D eigenvalue weighted by molar-refractivity contribution is -0.139. The molecule has 0 aliphatic carbocycles. The maximum Gasteiger partial charge on any atom is 0.338 e. The molecule has 1 aliphatic rings. The summed E-state index contributed by atoms with van der Waals surface area (Å²) in [6.45, 7) is 8.41. The van der Waals surface area contributed by atoms with Gasteiger partial charge in [0.2, 0.25) is 0 Å². The first-order valence-corrected chi connectivity index (χ1v) is 15.9. The summed E-state index contributed by atoms with van der Waals surface area (Å²) >= 11 is 2.74. The number of esters is 2. The first-order chi connectivity index (χ1) is 21.3. The van der Waals surface area contributed by atoms with Crippen LogP contribution in [0.4, 0.5) is 0 Å². The molecule has 9 nitrogen and oxygen atoms in total. The highest BCUT2D eigenvalue weighted by Crippen LogP contribution is 2.33. The van der Waals surface area contributed by atoms with Gasteiger partial charge in [-0.1, -0.05) is 35.6 Å². The van der Waals surface area contributed by atoms with E-state index in [4.69, 9.17) is 18.9 Å². The molecule has 5 rings (SSSR count). The first-order valence-electron chi connectivity index (χ1n) is 14.2. The van der Waals surface area contributed by atoms with Gasteiger partial charge in [0, 0.05) is 4.88 Å². The number of carbonyl (C=O) groups excluding carboxylic acids is 2. The van der Waals surface area contributed by atoms with Crippen LogP contribution in [-0.4, -0.2) is 36.3 Å². The van der Waals surface area contributed by atoms with E-state index in [1.165, 1.54) is 22.7 Å². The third-order valence-electron chi connectivity index (χ3n) is 6.75. The van der Waals surface area contributed by atoms with Crippen LogP contribution >= 0.6 is 22.7 Å². The number of fused-ring (bicyclic) bond motifs is 1. The van der Waals surface area contributed by atoms with Crippen LogP contribution in [0.5, 0.6) is 11.5 Å². The third-order valence-corrected chi connectivity index (χ3v) is 8.66. The van der Waals surface area contributed by atoms with Crippen molar-refractivity contribution in [1.29, 1.82) is 0 Å². The summed E-state index contributed by atoms with van der Waals surface area (Å²) in [5.41, 5.74) is 2.76. The lowest BCUT2D eigenvalue weighted by Gasteiger charge is -2.23. The molecule has 0 bridgehead atoms. The van der Waals surface area contributed by atoms with Gasteiger partial charge < -0.3 is 18.9 Å². The van der Waals surface area contributed by atoms with Gasteiger partial charge in [-0.05, 0) is 80.6 Å². The van der Waals surface area contributed by atoms with E-state index < -0.39 is 12.0 Å². The molecular weight excluding hydrogens is 601 g/mol. The van der Waals surface area contributed by atoms with Gasteiger partial charge in [0.25, 0.3) is 5.56 Å². The largest absolute Gasteiger partial charge is 0.490 e. The van der Waals surface area contributed by atoms with Gasteiger partial charge in [0.05, 0.1) is 41.2 Å². The highest BCUT2D eigenvalue weighted by Gasteiger charge is 2.33. The quantitative estimate of drug-likeness (QED) is 0.214. The SMILES string of the molecule is CCOC(=O)C1=C(C)N=c2s/c(=C\c3ccc(OCc4ccc(C(=O)OCC)cc4)c(OCC)c3)c(=O)n2[C@@H]1c1cccs1. The van der Waals surface area contributed by atoms with E-state index in [1.807, 2.05) is 48.7 Å². The Morgan fingerprint density at radius 3 is 2.36 bits per heavy atom.